The fourth-order valence-electron chi connectivity index (χ4n) is 4.79. The number of hydrogen-bond donors (Lipinski definition) is 2. The molecule has 0 radical (unpaired) electrons. The highest BCUT2D eigenvalue weighted by molar-refractivity contribution is 7.99. The van der Waals surface area contributed by atoms with Crippen molar-refractivity contribution in [2.75, 3.05) is 0 Å². The van der Waals surface area contributed by atoms with Crippen molar-refractivity contribution in [3.8, 4) is 0 Å². The van der Waals surface area contributed by atoms with Crippen LogP contribution in [0, 0.1) is 17.8 Å². The first-order chi connectivity index (χ1) is 13.3. The molecule has 2 N–H and O–H groups in total. The first-order valence-corrected chi connectivity index (χ1v) is 11.5. The van der Waals surface area contributed by atoms with Crippen molar-refractivity contribution in [2.45, 2.75) is 82.0 Å². The van der Waals surface area contributed by atoms with Gasteiger partial charge in [-0.2, -0.15) is 0 Å². The van der Waals surface area contributed by atoms with Crippen LogP contribution in [0.4, 0.5) is 0 Å². The SMILES string of the molecule is CC(C)Sc1ccc(CC(=O)NC2CCC3C(C2)NC(=O)CC3C(C)C)cc1. The number of fused-ring (bicyclic) bond motifs is 1. The molecule has 5 heteroatoms. The summed E-state index contributed by atoms with van der Waals surface area (Å²) in [5.41, 5.74) is 1.05. The van der Waals surface area contributed by atoms with Gasteiger partial charge in [0.25, 0.3) is 0 Å². The highest BCUT2D eigenvalue weighted by atomic mass is 32.2. The molecular formula is C23H34N2O2S. The summed E-state index contributed by atoms with van der Waals surface area (Å²) in [6.45, 7) is 8.80. The third kappa shape index (κ3) is 5.53. The average Bonchev–Trinajstić information content (AvgIpc) is 2.61. The molecule has 1 saturated heterocycles. The quantitative estimate of drug-likeness (QED) is 0.702. The summed E-state index contributed by atoms with van der Waals surface area (Å²) in [6, 6.07) is 8.67. The molecule has 1 aliphatic heterocycles. The van der Waals surface area contributed by atoms with Crippen LogP contribution in [-0.4, -0.2) is 29.1 Å². The largest absolute Gasteiger partial charge is 0.353 e. The van der Waals surface area contributed by atoms with Crippen LogP contribution in [0.3, 0.4) is 0 Å². The van der Waals surface area contributed by atoms with E-state index in [-0.39, 0.29) is 23.9 Å². The fraction of sp³-hybridized carbons (Fsp3) is 0.652. The molecule has 4 atom stereocenters. The minimum Gasteiger partial charge on any atom is -0.353 e. The fourth-order valence-corrected chi connectivity index (χ4v) is 5.62. The van der Waals surface area contributed by atoms with Gasteiger partial charge in [-0.05, 0) is 54.7 Å². The van der Waals surface area contributed by atoms with E-state index in [4.69, 9.17) is 0 Å². The standard InChI is InChI=1S/C23H34N2O2S/c1-14(2)20-13-23(27)25-21-12-17(7-10-19(20)21)24-22(26)11-16-5-8-18(9-6-16)28-15(3)4/h5-6,8-9,14-15,17,19-21H,7,10-13H2,1-4H3,(H,24,26)(H,25,27). The Morgan fingerprint density at radius 2 is 1.89 bits per heavy atom. The van der Waals surface area contributed by atoms with Crippen LogP contribution in [0.5, 0.6) is 0 Å². The molecule has 1 aromatic carbocycles. The second-order valence-corrected chi connectivity index (χ2v) is 10.7. The lowest BCUT2D eigenvalue weighted by molar-refractivity contribution is -0.128. The Labute approximate surface area is 173 Å². The minimum absolute atomic E-state index is 0.0789. The Kier molecular flexibility index (Phi) is 7.08. The summed E-state index contributed by atoms with van der Waals surface area (Å²) >= 11 is 1.83. The number of benzene rings is 1. The molecule has 28 heavy (non-hydrogen) atoms. The number of piperidine rings is 1. The highest BCUT2D eigenvalue weighted by Crippen LogP contribution is 2.39. The third-order valence-corrected chi connectivity index (χ3v) is 7.12. The van der Waals surface area contributed by atoms with E-state index in [9.17, 15) is 9.59 Å². The third-order valence-electron chi connectivity index (χ3n) is 6.10. The summed E-state index contributed by atoms with van der Waals surface area (Å²) in [7, 11) is 0. The number of rotatable bonds is 6. The van der Waals surface area contributed by atoms with Crippen LogP contribution in [0.1, 0.15) is 58.9 Å². The van der Waals surface area contributed by atoms with Crippen molar-refractivity contribution in [2.24, 2.45) is 17.8 Å². The van der Waals surface area contributed by atoms with Crippen LogP contribution >= 0.6 is 11.8 Å². The molecule has 154 valence electrons. The van der Waals surface area contributed by atoms with Gasteiger partial charge in [-0.25, -0.2) is 0 Å². The Hall–Kier alpha value is -1.49. The molecule has 4 unspecified atom stereocenters. The zero-order valence-electron chi connectivity index (χ0n) is 17.5. The molecule has 1 aromatic rings. The molecule has 2 amide bonds. The van der Waals surface area contributed by atoms with E-state index in [0.717, 1.165) is 24.8 Å². The van der Waals surface area contributed by atoms with Gasteiger partial charge in [0.1, 0.15) is 0 Å². The van der Waals surface area contributed by atoms with Crippen LogP contribution in [0.2, 0.25) is 0 Å². The maximum atomic E-state index is 12.5. The number of hydrogen-bond acceptors (Lipinski definition) is 3. The zero-order chi connectivity index (χ0) is 20.3. The van der Waals surface area contributed by atoms with Gasteiger partial charge in [-0.3, -0.25) is 9.59 Å². The van der Waals surface area contributed by atoms with Crippen molar-refractivity contribution in [1.29, 1.82) is 0 Å². The Morgan fingerprint density at radius 1 is 1.18 bits per heavy atom. The number of thioether (sulfide) groups is 1. The van der Waals surface area contributed by atoms with Gasteiger partial charge in [-0.15, -0.1) is 11.8 Å². The smallest absolute Gasteiger partial charge is 0.224 e. The molecule has 2 aliphatic rings. The molecule has 0 bridgehead atoms. The van der Waals surface area contributed by atoms with E-state index in [1.807, 2.05) is 11.8 Å². The van der Waals surface area contributed by atoms with E-state index in [1.54, 1.807) is 0 Å². The normalized spacial score (nSPS) is 27.4. The van der Waals surface area contributed by atoms with Gasteiger partial charge in [0.15, 0.2) is 0 Å². The molecule has 4 nitrogen and oxygen atoms in total. The van der Waals surface area contributed by atoms with Crippen LogP contribution in [-0.2, 0) is 16.0 Å². The Balaban J connectivity index is 1.52. The molecule has 0 spiro atoms. The van der Waals surface area contributed by atoms with Crippen LogP contribution < -0.4 is 10.6 Å². The summed E-state index contributed by atoms with van der Waals surface area (Å²) in [4.78, 5) is 25.9. The lowest BCUT2D eigenvalue weighted by Crippen LogP contribution is -2.56. The van der Waals surface area contributed by atoms with Crippen LogP contribution in [0.25, 0.3) is 0 Å². The zero-order valence-corrected chi connectivity index (χ0v) is 18.4. The Bertz CT molecular complexity index is 686. The first kappa shape index (κ1) is 21.2. The van der Waals surface area contributed by atoms with E-state index >= 15 is 0 Å². The minimum atomic E-state index is 0.0789. The van der Waals surface area contributed by atoms with Crippen molar-refractivity contribution in [3.05, 3.63) is 29.8 Å². The summed E-state index contributed by atoms with van der Waals surface area (Å²) in [6.07, 6.45) is 4.02. The van der Waals surface area contributed by atoms with Gasteiger partial charge in [0, 0.05) is 28.6 Å². The van der Waals surface area contributed by atoms with Crippen molar-refractivity contribution in [1.82, 2.24) is 10.6 Å². The molecule has 0 aromatic heterocycles. The average molecular weight is 403 g/mol. The van der Waals surface area contributed by atoms with E-state index < -0.39 is 0 Å². The maximum Gasteiger partial charge on any atom is 0.224 e. The van der Waals surface area contributed by atoms with E-state index in [0.29, 0.717) is 35.8 Å². The number of carbonyl (C=O) groups is 2. The van der Waals surface area contributed by atoms with E-state index in [1.165, 1.54) is 4.90 Å². The Morgan fingerprint density at radius 3 is 2.54 bits per heavy atom. The molecule has 1 heterocycles. The van der Waals surface area contributed by atoms with Crippen LogP contribution in [0.15, 0.2) is 29.2 Å². The lowest BCUT2D eigenvalue weighted by atomic mass is 9.67. The monoisotopic (exact) mass is 402 g/mol. The molecule has 3 rings (SSSR count). The highest BCUT2D eigenvalue weighted by Gasteiger charge is 2.41. The molecule has 1 saturated carbocycles. The number of nitrogens with one attached hydrogen (secondary N) is 2. The summed E-state index contributed by atoms with van der Waals surface area (Å²) < 4.78 is 0. The molecule has 1 aliphatic carbocycles. The van der Waals surface area contributed by atoms with Crippen molar-refractivity contribution in [3.63, 3.8) is 0 Å². The number of amides is 2. The van der Waals surface area contributed by atoms with Crippen molar-refractivity contribution < 1.29 is 9.59 Å². The van der Waals surface area contributed by atoms with Gasteiger partial charge in [-0.1, -0.05) is 39.8 Å². The van der Waals surface area contributed by atoms with Gasteiger partial charge in [0.2, 0.25) is 11.8 Å². The lowest BCUT2D eigenvalue weighted by Gasteiger charge is -2.45. The summed E-state index contributed by atoms with van der Waals surface area (Å²) in [5.74, 6) is 1.80. The predicted octanol–water partition coefficient (Wildman–Crippen LogP) is 4.18. The molecular weight excluding hydrogens is 368 g/mol. The first-order valence-electron chi connectivity index (χ1n) is 10.7. The summed E-state index contributed by atoms with van der Waals surface area (Å²) in [5, 5.41) is 6.95. The molecule has 2 fully saturated rings. The van der Waals surface area contributed by atoms with E-state index in [2.05, 4.69) is 62.6 Å². The van der Waals surface area contributed by atoms with Crippen molar-refractivity contribution >= 4 is 23.6 Å². The topological polar surface area (TPSA) is 58.2 Å². The maximum absolute atomic E-state index is 12.5. The second kappa shape index (κ2) is 9.34. The van der Waals surface area contributed by atoms with Gasteiger partial charge in [0.05, 0.1) is 6.42 Å². The number of carbonyl (C=O) groups excluding carboxylic acids is 2. The van der Waals surface area contributed by atoms with Gasteiger partial charge < -0.3 is 10.6 Å². The van der Waals surface area contributed by atoms with Gasteiger partial charge >= 0.3 is 0 Å². The second-order valence-electron chi connectivity index (χ2n) is 9.01. The predicted molar refractivity (Wildman–Crippen MR) is 115 cm³/mol.